The fourth-order valence-corrected chi connectivity index (χ4v) is 3.51. The summed E-state index contributed by atoms with van der Waals surface area (Å²) in [6.45, 7) is 5.34. The summed E-state index contributed by atoms with van der Waals surface area (Å²) in [7, 11) is 0. The summed E-state index contributed by atoms with van der Waals surface area (Å²) < 4.78 is 11.3. The van der Waals surface area contributed by atoms with E-state index in [1.807, 2.05) is 24.3 Å². The van der Waals surface area contributed by atoms with Gasteiger partial charge in [0, 0.05) is 35.4 Å². The summed E-state index contributed by atoms with van der Waals surface area (Å²) in [5.41, 5.74) is 1.93. The third-order valence-electron chi connectivity index (χ3n) is 4.87. The van der Waals surface area contributed by atoms with Crippen LogP contribution in [0.5, 0.6) is 0 Å². The van der Waals surface area contributed by atoms with Crippen LogP contribution in [0.25, 0.3) is 10.9 Å². The summed E-state index contributed by atoms with van der Waals surface area (Å²) in [5, 5.41) is 8.63. The molecular weight excluding hydrogens is 374 g/mol. The number of benzene rings is 1. The molecule has 1 aromatic carbocycles. The fraction of sp³-hybridized carbons (Fsp3) is 0.500. The van der Waals surface area contributed by atoms with Crippen molar-refractivity contribution in [3.8, 4) is 0 Å². The first-order valence-corrected chi connectivity index (χ1v) is 10.5. The molecule has 1 aliphatic carbocycles. The Bertz CT molecular complexity index is 754. The molecule has 0 bridgehead atoms. The maximum atomic E-state index is 6.02. The van der Waals surface area contributed by atoms with Gasteiger partial charge < -0.3 is 20.1 Å². The number of allylic oxidation sites excluding steroid dienone is 2. The van der Waals surface area contributed by atoms with Crippen molar-refractivity contribution in [1.82, 2.24) is 10.3 Å². The molecule has 0 amide bonds. The van der Waals surface area contributed by atoms with Crippen LogP contribution in [-0.4, -0.2) is 51.0 Å². The van der Waals surface area contributed by atoms with Crippen LogP contribution in [0.4, 0.5) is 5.69 Å². The van der Waals surface area contributed by atoms with Crippen molar-refractivity contribution in [3.05, 3.63) is 47.6 Å². The summed E-state index contributed by atoms with van der Waals surface area (Å²) >= 11 is 6.02. The predicted molar refractivity (Wildman–Crippen MR) is 116 cm³/mol. The van der Waals surface area contributed by atoms with Crippen molar-refractivity contribution < 1.29 is 9.47 Å². The van der Waals surface area contributed by atoms with Crippen molar-refractivity contribution >= 4 is 28.2 Å². The highest BCUT2D eigenvalue weighted by atomic mass is 35.5. The largest absolute Gasteiger partial charge is 0.382 e. The van der Waals surface area contributed by atoms with Gasteiger partial charge >= 0.3 is 0 Å². The van der Waals surface area contributed by atoms with Crippen LogP contribution in [0.1, 0.15) is 19.3 Å². The monoisotopic (exact) mass is 403 g/mol. The van der Waals surface area contributed by atoms with Crippen LogP contribution in [0.15, 0.2) is 42.6 Å². The van der Waals surface area contributed by atoms with E-state index in [9.17, 15) is 0 Å². The Morgan fingerprint density at radius 2 is 1.89 bits per heavy atom. The number of fused-ring (bicyclic) bond motifs is 1. The smallest absolute Gasteiger partial charge is 0.0737 e. The molecule has 0 radical (unpaired) electrons. The first-order chi connectivity index (χ1) is 13.8. The highest BCUT2D eigenvalue weighted by molar-refractivity contribution is 6.31. The van der Waals surface area contributed by atoms with Crippen LogP contribution in [0.3, 0.4) is 0 Å². The Hall–Kier alpha value is -1.66. The molecule has 1 aromatic heterocycles. The van der Waals surface area contributed by atoms with Gasteiger partial charge in [-0.2, -0.15) is 0 Å². The van der Waals surface area contributed by atoms with E-state index < -0.39 is 0 Å². The van der Waals surface area contributed by atoms with Crippen molar-refractivity contribution in [2.24, 2.45) is 5.92 Å². The molecule has 1 aliphatic rings. The fourth-order valence-electron chi connectivity index (χ4n) is 3.35. The van der Waals surface area contributed by atoms with Gasteiger partial charge in [-0.1, -0.05) is 23.8 Å². The Morgan fingerprint density at radius 1 is 1.04 bits per heavy atom. The Labute approximate surface area is 172 Å². The lowest BCUT2D eigenvalue weighted by Gasteiger charge is -2.18. The SMILES string of the molecule is Clc1ccc2c(NCCOCCOCCNCC3CC=CCC3)ccnc2c1. The standard InChI is InChI=1S/C22H30ClN3O2/c23-19-6-7-20-21(8-9-25-22(20)16-19)26-11-13-28-15-14-27-12-10-24-17-18-4-2-1-3-5-18/h1-2,6-9,16,18,24H,3-5,10-15,17H2,(H,25,26). The van der Waals surface area contributed by atoms with Gasteiger partial charge in [-0.05, 0) is 56.0 Å². The number of hydrogen-bond donors (Lipinski definition) is 2. The predicted octanol–water partition coefficient (Wildman–Crippen LogP) is 4.28. The molecule has 28 heavy (non-hydrogen) atoms. The van der Waals surface area contributed by atoms with Gasteiger partial charge in [0.1, 0.15) is 0 Å². The van der Waals surface area contributed by atoms with E-state index in [0.29, 0.717) is 24.8 Å². The first-order valence-electron chi connectivity index (χ1n) is 10.1. The minimum atomic E-state index is 0.613. The Kier molecular flexibility index (Phi) is 9.04. The molecule has 5 nitrogen and oxygen atoms in total. The lowest BCUT2D eigenvalue weighted by Crippen LogP contribution is -2.27. The van der Waals surface area contributed by atoms with Crippen LogP contribution in [0, 0.1) is 5.92 Å². The third kappa shape index (κ3) is 7.06. The average molecular weight is 404 g/mol. The molecule has 1 heterocycles. The molecule has 1 unspecified atom stereocenters. The topological polar surface area (TPSA) is 55.4 Å². The minimum absolute atomic E-state index is 0.613. The number of aromatic nitrogens is 1. The number of halogens is 1. The van der Waals surface area contributed by atoms with Gasteiger partial charge in [0.2, 0.25) is 0 Å². The molecule has 6 heteroatoms. The first kappa shape index (κ1) is 21.1. The van der Waals surface area contributed by atoms with Gasteiger partial charge in [-0.15, -0.1) is 0 Å². The van der Waals surface area contributed by atoms with E-state index in [0.717, 1.165) is 48.7 Å². The summed E-state index contributed by atoms with van der Waals surface area (Å²) in [4.78, 5) is 4.35. The van der Waals surface area contributed by atoms with Crippen LogP contribution in [-0.2, 0) is 9.47 Å². The van der Waals surface area contributed by atoms with Gasteiger partial charge in [-0.3, -0.25) is 4.98 Å². The maximum Gasteiger partial charge on any atom is 0.0737 e. The molecule has 0 saturated carbocycles. The van der Waals surface area contributed by atoms with Crippen molar-refractivity contribution in [1.29, 1.82) is 0 Å². The van der Waals surface area contributed by atoms with E-state index >= 15 is 0 Å². The summed E-state index contributed by atoms with van der Waals surface area (Å²) in [6, 6.07) is 7.71. The molecule has 0 aliphatic heterocycles. The van der Waals surface area contributed by atoms with Crippen LogP contribution < -0.4 is 10.6 Å². The normalized spacial score (nSPS) is 16.5. The zero-order chi connectivity index (χ0) is 19.4. The molecule has 0 saturated heterocycles. The number of nitrogens with zero attached hydrogens (tertiary/aromatic N) is 1. The maximum absolute atomic E-state index is 6.02. The number of anilines is 1. The average Bonchev–Trinajstić information content (AvgIpc) is 2.72. The third-order valence-corrected chi connectivity index (χ3v) is 5.11. The van der Waals surface area contributed by atoms with Crippen LogP contribution in [0.2, 0.25) is 5.02 Å². The highest BCUT2D eigenvalue weighted by Gasteiger charge is 2.08. The van der Waals surface area contributed by atoms with Gasteiger partial charge in [0.05, 0.1) is 31.9 Å². The van der Waals surface area contributed by atoms with E-state index in [2.05, 4.69) is 27.8 Å². The van der Waals surface area contributed by atoms with Crippen LogP contribution >= 0.6 is 11.6 Å². The molecular formula is C22H30ClN3O2. The molecule has 152 valence electrons. The molecule has 2 aromatic rings. The second-order valence-corrected chi connectivity index (χ2v) is 7.46. The van der Waals surface area contributed by atoms with E-state index in [-0.39, 0.29) is 0 Å². The van der Waals surface area contributed by atoms with E-state index in [1.54, 1.807) is 6.20 Å². The number of nitrogens with one attached hydrogen (secondary N) is 2. The van der Waals surface area contributed by atoms with Gasteiger partial charge in [0.25, 0.3) is 0 Å². The molecule has 0 spiro atoms. The summed E-state index contributed by atoms with van der Waals surface area (Å²) in [5.74, 6) is 0.787. The zero-order valence-corrected chi connectivity index (χ0v) is 17.1. The minimum Gasteiger partial charge on any atom is -0.382 e. The number of hydrogen-bond acceptors (Lipinski definition) is 5. The van der Waals surface area contributed by atoms with Gasteiger partial charge in [-0.25, -0.2) is 0 Å². The summed E-state index contributed by atoms with van der Waals surface area (Å²) in [6.07, 6.45) is 10.1. The van der Waals surface area contributed by atoms with E-state index in [4.69, 9.17) is 21.1 Å². The number of pyridine rings is 1. The quantitative estimate of drug-likeness (QED) is 0.409. The second kappa shape index (κ2) is 12.0. The number of rotatable bonds is 12. The molecule has 3 rings (SSSR count). The Morgan fingerprint density at radius 3 is 2.71 bits per heavy atom. The number of ether oxygens (including phenoxy) is 2. The van der Waals surface area contributed by atoms with Crippen molar-refractivity contribution in [2.45, 2.75) is 19.3 Å². The molecule has 2 N–H and O–H groups in total. The molecule has 0 fully saturated rings. The van der Waals surface area contributed by atoms with Crippen molar-refractivity contribution in [3.63, 3.8) is 0 Å². The lowest BCUT2D eigenvalue weighted by molar-refractivity contribution is 0.0525. The van der Waals surface area contributed by atoms with E-state index in [1.165, 1.54) is 19.3 Å². The Balaban J connectivity index is 1.19. The van der Waals surface area contributed by atoms with Crippen molar-refractivity contribution in [2.75, 3.05) is 51.4 Å². The molecule has 1 atom stereocenters. The zero-order valence-electron chi connectivity index (χ0n) is 16.3. The van der Waals surface area contributed by atoms with Gasteiger partial charge in [0.15, 0.2) is 0 Å². The lowest BCUT2D eigenvalue weighted by atomic mass is 9.94. The highest BCUT2D eigenvalue weighted by Crippen LogP contribution is 2.24. The second-order valence-electron chi connectivity index (χ2n) is 7.03.